The van der Waals surface area contributed by atoms with Crippen molar-refractivity contribution in [1.29, 1.82) is 0 Å². The van der Waals surface area contributed by atoms with Crippen molar-refractivity contribution in [1.82, 2.24) is 14.6 Å². The number of rotatable bonds is 3. The van der Waals surface area contributed by atoms with Crippen molar-refractivity contribution in [2.24, 2.45) is 0 Å². The van der Waals surface area contributed by atoms with Crippen LogP contribution in [0.1, 0.15) is 12.7 Å². The van der Waals surface area contributed by atoms with Gasteiger partial charge in [0.1, 0.15) is 11.6 Å². The number of amides is 1. The molecule has 0 aliphatic carbocycles. The van der Waals surface area contributed by atoms with Gasteiger partial charge in [0, 0.05) is 18.7 Å². The molecule has 6 nitrogen and oxygen atoms in total. The predicted octanol–water partition coefficient (Wildman–Crippen LogP) is 2.67. The fourth-order valence-electron chi connectivity index (χ4n) is 2.35. The Labute approximate surface area is 127 Å². The number of fused-ring (bicyclic) bond motifs is 1. The van der Waals surface area contributed by atoms with Crippen LogP contribution in [-0.4, -0.2) is 27.6 Å². The molecule has 22 heavy (non-hydrogen) atoms. The van der Waals surface area contributed by atoms with Crippen molar-refractivity contribution < 1.29 is 9.53 Å². The number of benzene rings is 1. The van der Waals surface area contributed by atoms with Gasteiger partial charge in [-0.05, 0) is 30.7 Å². The molecule has 0 bridgehead atoms. The second-order valence-corrected chi connectivity index (χ2v) is 5.00. The van der Waals surface area contributed by atoms with E-state index in [4.69, 9.17) is 4.74 Å². The molecule has 0 atom stereocenters. The topological polar surface area (TPSA) is 68.5 Å². The highest BCUT2D eigenvalue weighted by atomic mass is 16.5. The second-order valence-electron chi connectivity index (χ2n) is 5.00. The Bertz CT molecular complexity index is 854. The first-order chi connectivity index (χ1) is 10.6. The van der Waals surface area contributed by atoms with E-state index in [1.165, 1.54) is 6.92 Å². The smallest absolute Gasteiger partial charge is 0.221 e. The Morgan fingerprint density at radius 1 is 1.23 bits per heavy atom. The van der Waals surface area contributed by atoms with E-state index < -0.39 is 0 Å². The second kappa shape index (κ2) is 5.48. The standard InChI is InChI=1S/C16H16N4O2/c1-10-18-19-16-15(17-11(2)21)8-13(9-20(10)16)12-5-4-6-14(7-12)22-3/h4-9H,1-3H3,(H,17,21). The van der Waals surface area contributed by atoms with Gasteiger partial charge in [-0.25, -0.2) is 0 Å². The third-order valence-electron chi connectivity index (χ3n) is 3.39. The lowest BCUT2D eigenvalue weighted by Gasteiger charge is -2.10. The average Bonchev–Trinajstić information content (AvgIpc) is 2.88. The van der Waals surface area contributed by atoms with Crippen LogP contribution in [0.4, 0.5) is 5.69 Å². The lowest BCUT2D eigenvalue weighted by molar-refractivity contribution is -0.114. The number of methoxy groups -OCH3 is 1. The summed E-state index contributed by atoms with van der Waals surface area (Å²) in [6, 6.07) is 9.63. The molecule has 0 saturated heterocycles. The van der Waals surface area contributed by atoms with Crippen LogP contribution in [0.5, 0.6) is 5.75 Å². The first-order valence-electron chi connectivity index (χ1n) is 6.86. The summed E-state index contributed by atoms with van der Waals surface area (Å²) < 4.78 is 7.13. The zero-order valence-corrected chi connectivity index (χ0v) is 12.6. The number of anilines is 1. The van der Waals surface area contributed by atoms with Crippen molar-refractivity contribution in [2.45, 2.75) is 13.8 Å². The maximum absolute atomic E-state index is 11.4. The van der Waals surface area contributed by atoms with Gasteiger partial charge in [-0.3, -0.25) is 9.20 Å². The third kappa shape index (κ3) is 2.50. The van der Waals surface area contributed by atoms with Crippen molar-refractivity contribution in [2.75, 3.05) is 12.4 Å². The monoisotopic (exact) mass is 296 g/mol. The van der Waals surface area contributed by atoms with Crippen LogP contribution in [0, 0.1) is 6.92 Å². The van der Waals surface area contributed by atoms with E-state index in [2.05, 4.69) is 15.5 Å². The number of aromatic nitrogens is 3. The average molecular weight is 296 g/mol. The zero-order valence-electron chi connectivity index (χ0n) is 12.6. The molecule has 0 aliphatic rings. The Hall–Kier alpha value is -2.89. The molecule has 1 N–H and O–H groups in total. The van der Waals surface area contributed by atoms with Gasteiger partial charge in [0.15, 0.2) is 5.65 Å². The maximum atomic E-state index is 11.4. The minimum absolute atomic E-state index is 0.148. The van der Waals surface area contributed by atoms with E-state index in [-0.39, 0.29) is 5.91 Å². The van der Waals surface area contributed by atoms with E-state index in [1.54, 1.807) is 7.11 Å². The highest BCUT2D eigenvalue weighted by Gasteiger charge is 2.11. The van der Waals surface area contributed by atoms with Crippen LogP contribution in [0.25, 0.3) is 16.8 Å². The number of nitrogens with zero attached hydrogens (tertiary/aromatic N) is 3. The quantitative estimate of drug-likeness (QED) is 0.807. The molecule has 3 aromatic rings. The van der Waals surface area contributed by atoms with Gasteiger partial charge in [-0.2, -0.15) is 0 Å². The summed E-state index contributed by atoms with van der Waals surface area (Å²) in [4.78, 5) is 11.4. The summed E-state index contributed by atoms with van der Waals surface area (Å²) in [5.41, 5.74) is 3.19. The lowest BCUT2D eigenvalue weighted by Crippen LogP contribution is -2.08. The van der Waals surface area contributed by atoms with E-state index in [0.29, 0.717) is 11.3 Å². The molecule has 0 radical (unpaired) electrons. The molecule has 0 aliphatic heterocycles. The lowest BCUT2D eigenvalue weighted by atomic mass is 10.1. The van der Waals surface area contributed by atoms with Crippen molar-refractivity contribution >= 4 is 17.2 Å². The van der Waals surface area contributed by atoms with Gasteiger partial charge in [0.2, 0.25) is 5.91 Å². The summed E-state index contributed by atoms with van der Waals surface area (Å²) in [6.07, 6.45) is 1.95. The van der Waals surface area contributed by atoms with Crippen molar-refractivity contribution in [3.8, 4) is 16.9 Å². The Kier molecular flexibility index (Phi) is 3.50. The van der Waals surface area contributed by atoms with Gasteiger partial charge in [-0.15, -0.1) is 10.2 Å². The molecule has 0 saturated carbocycles. The molecule has 1 amide bonds. The first-order valence-corrected chi connectivity index (χ1v) is 6.86. The molecule has 2 aromatic heterocycles. The molecule has 0 spiro atoms. The largest absolute Gasteiger partial charge is 0.497 e. The molecule has 6 heteroatoms. The number of hydrogen-bond acceptors (Lipinski definition) is 4. The first kappa shape index (κ1) is 14.1. The fourth-order valence-corrected chi connectivity index (χ4v) is 2.35. The number of hydrogen-bond donors (Lipinski definition) is 1. The highest BCUT2D eigenvalue weighted by molar-refractivity contribution is 5.93. The molecular formula is C16H16N4O2. The summed E-state index contributed by atoms with van der Waals surface area (Å²) in [5, 5.41) is 11.0. The van der Waals surface area contributed by atoms with E-state index >= 15 is 0 Å². The number of aryl methyl sites for hydroxylation is 1. The van der Waals surface area contributed by atoms with Crippen LogP contribution in [0.15, 0.2) is 36.5 Å². The minimum atomic E-state index is -0.148. The molecule has 3 rings (SSSR count). The molecular weight excluding hydrogens is 280 g/mol. The Balaban J connectivity index is 2.20. The number of carbonyl (C=O) groups is 1. The summed E-state index contributed by atoms with van der Waals surface area (Å²) in [7, 11) is 1.63. The van der Waals surface area contributed by atoms with Gasteiger partial charge in [0.05, 0.1) is 12.8 Å². The van der Waals surface area contributed by atoms with E-state index in [1.807, 2.05) is 47.9 Å². The molecule has 2 heterocycles. The SMILES string of the molecule is COc1cccc(-c2cc(NC(C)=O)c3nnc(C)n3c2)c1. The van der Waals surface area contributed by atoms with Crippen LogP contribution < -0.4 is 10.1 Å². The van der Waals surface area contributed by atoms with Crippen molar-refractivity contribution in [3.63, 3.8) is 0 Å². The number of carbonyl (C=O) groups excluding carboxylic acids is 1. The van der Waals surface area contributed by atoms with E-state index in [9.17, 15) is 4.79 Å². The summed E-state index contributed by atoms with van der Waals surface area (Å²) >= 11 is 0. The van der Waals surface area contributed by atoms with Gasteiger partial charge >= 0.3 is 0 Å². The summed E-state index contributed by atoms with van der Waals surface area (Å²) in [5.74, 6) is 1.39. The van der Waals surface area contributed by atoms with Gasteiger partial charge in [-0.1, -0.05) is 12.1 Å². The van der Waals surface area contributed by atoms with E-state index in [0.717, 1.165) is 22.7 Å². The Morgan fingerprint density at radius 3 is 2.77 bits per heavy atom. The van der Waals surface area contributed by atoms with Crippen LogP contribution in [0.2, 0.25) is 0 Å². The molecule has 1 aromatic carbocycles. The molecule has 112 valence electrons. The minimum Gasteiger partial charge on any atom is -0.497 e. The highest BCUT2D eigenvalue weighted by Crippen LogP contribution is 2.28. The summed E-state index contributed by atoms with van der Waals surface area (Å²) in [6.45, 7) is 3.34. The van der Waals surface area contributed by atoms with Crippen LogP contribution in [0.3, 0.4) is 0 Å². The van der Waals surface area contributed by atoms with Crippen LogP contribution in [-0.2, 0) is 4.79 Å². The molecule has 0 fully saturated rings. The Morgan fingerprint density at radius 2 is 2.05 bits per heavy atom. The van der Waals surface area contributed by atoms with Crippen LogP contribution >= 0.6 is 0 Å². The predicted molar refractivity (Wildman–Crippen MR) is 84.0 cm³/mol. The number of nitrogens with one attached hydrogen (secondary N) is 1. The molecule has 0 unspecified atom stereocenters. The normalized spacial score (nSPS) is 10.7. The zero-order chi connectivity index (χ0) is 15.7. The maximum Gasteiger partial charge on any atom is 0.221 e. The van der Waals surface area contributed by atoms with Crippen molar-refractivity contribution in [3.05, 3.63) is 42.4 Å². The fraction of sp³-hybridized carbons (Fsp3) is 0.188. The number of pyridine rings is 1. The third-order valence-corrected chi connectivity index (χ3v) is 3.39. The van der Waals surface area contributed by atoms with Gasteiger partial charge < -0.3 is 10.1 Å². The van der Waals surface area contributed by atoms with Gasteiger partial charge in [0.25, 0.3) is 0 Å². The number of ether oxygens (including phenoxy) is 1.